The van der Waals surface area contributed by atoms with Gasteiger partial charge in [-0.15, -0.1) is 11.3 Å². The standard InChI is InChI=1S/C15H25NOS/c1-13(2)16-10-4-7-15(17,9-11-16)8-6-14-5-3-12-18-14/h3,5,12-13,17H,4,6-11H2,1-2H3. The summed E-state index contributed by atoms with van der Waals surface area (Å²) in [6.07, 6.45) is 4.95. The molecule has 2 heterocycles. The molecule has 1 N–H and O–H groups in total. The van der Waals surface area contributed by atoms with Crippen molar-refractivity contribution in [2.45, 2.75) is 57.6 Å². The number of aryl methyl sites for hydroxylation is 1. The minimum atomic E-state index is -0.437. The highest BCUT2D eigenvalue weighted by Gasteiger charge is 2.30. The molecule has 1 saturated heterocycles. The van der Waals surface area contributed by atoms with Crippen LogP contribution in [0.3, 0.4) is 0 Å². The van der Waals surface area contributed by atoms with Crippen LogP contribution in [0, 0.1) is 0 Å². The summed E-state index contributed by atoms with van der Waals surface area (Å²) in [5.74, 6) is 0. The van der Waals surface area contributed by atoms with Crippen LogP contribution in [0.15, 0.2) is 17.5 Å². The van der Waals surface area contributed by atoms with Crippen molar-refractivity contribution in [3.8, 4) is 0 Å². The van der Waals surface area contributed by atoms with Gasteiger partial charge in [0.1, 0.15) is 0 Å². The second-order valence-electron chi connectivity index (χ2n) is 5.79. The van der Waals surface area contributed by atoms with E-state index >= 15 is 0 Å². The Balaban J connectivity index is 1.86. The molecule has 0 radical (unpaired) electrons. The molecule has 0 aliphatic carbocycles. The first kappa shape index (κ1) is 14.0. The number of aliphatic hydroxyl groups is 1. The summed E-state index contributed by atoms with van der Waals surface area (Å²) >= 11 is 1.80. The molecule has 0 aromatic carbocycles. The van der Waals surface area contributed by atoms with E-state index in [9.17, 15) is 5.11 Å². The summed E-state index contributed by atoms with van der Waals surface area (Å²) in [6.45, 7) is 6.67. The van der Waals surface area contributed by atoms with Crippen molar-refractivity contribution in [1.29, 1.82) is 0 Å². The average molecular weight is 267 g/mol. The van der Waals surface area contributed by atoms with Crippen LogP contribution in [-0.2, 0) is 6.42 Å². The highest BCUT2D eigenvalue weighted by molar-refractivity contribution is 7.09. The van der Waals surface area contributed by atoms with Gasteiger partial charge in [0.25, 0.3) is 0 Å². The van der Waals surface area contributed by atoms with Crippen LogP contribution < -0.4 is 0 Å². The van der Waals surface area contributed by atoms with Gasteiger partial charge in [-0.2, -0.15) is 0 Å². The summed E-state index contributed by atoms with van der Waals surface area (Å²) in [6, 6.07) is 4.87. The Hall–Kier alpha value is -0.380. The molecule has 3 heteroatoms. The van der Waals surface area contributed by atoms with E-state index in [1.807, 2.05) is 0 Å². The number of likely N-dealkylation sites (tertiary alicyclic amines) is 1. The lowest BCUT2D eigenvalue weighted by molar-refractivity contribution is 0.0167. The van der Waals surface area contributed by atoms with Crippen molar-refractivity contribution in [3.05, 3.63) is 22.4 Å². The summed E-state index contributed by atoms with van der Waals surface area (Å²) < 4.78 is 0. The highest BCUT2D eigenvalue weighted by atomic mass is 32.1. The summed E-state index contributed by atoms with van der Waals surface area (Å²) in [7, 11) is 0. The van der Waals surface area contributed by atoms with Crippen molar-refractivity contribution < 1.29 is 5.11 Å². The SMILES string of the molecule is CC(C)N1CCCC(O)(CCc2cccs2)CC1. The van der Waals surface area contributed by atoms with Crippen molar-refractivity contribution >= 4 is 11.3 Å². The fourth-order valence-electron chi connectivity index (χ4n) is 2.78. The molecular weight excluding hydrogens is 242 g/mol. The second kappa shape index (κ2) is 6.18. The van der Waals surface area contributed by atoms with Gasteiger partial charge >= 0.3 is 0 Å². The fraction of sp³-hybridized carbons (Fsp3) is 0.733. The lowest BCUT2D eigenvalue weighted by atomic mass is 9.89. The van der Waals surface area contributed by atoms with Crippen LogP contribution in [-0.4, -0.2) is 34.7 Å². The van der Waals surface area contributed by atoms with E-state index < -0.39 is 5.60 Å². The zero-order chi connectivity index (χ0) is 13.0. The maximum atomic E-state index is 10.7. The molecular formula is C15H25NOS. The van der Waals surface area contributed by atoms with Gasteiger partial charge in [-0.1, -0.05) is 6.07 Å². The van der Waals surface area contributed by atoms with Crippen LogP contribution in [0.1, 0.15) is 44.4 Å². The van der Waals surface area contributed by atoms with Gasteiger partial charge < -0.3 is 10.0 Å². The third kappa shape index (κ3) is 3.81. The summed E-state index contributed by atoms with van der Waals surface area (Å²) in [5.41, 5.74) is -0.437. The Kier molecular flexibility index (Phi) is 4.82. The van der Waals surface area contributed by atoms with Gasteiger partial charge in [-0.05, 0) is 63.9 Å². The van der Waals surface area contributed by atoms with E-state index in [2.05, 4.69) is 36.3 Å². The predicted molar refractivity (Wildman–Crippen MR) is 78.1 cm³/mol. The molecule has 18 heavy (non-hydrogen) atoms. The lowest BCUT2D eigenvalue weighted by Gasteiger charge is -2.28. The summed E-state index contributed by atoms with van der Waals surface area (Å²) in [4.78, 5) is 3.89. The maximum absolute atomic E-state index is 10.7. The lowest BCUT2D eigenvalue weighted by Crippen LogP contribution is -2.34. The van der Waals surface area contributed by atoms with Crippen LogP contribution in [0.4, 0.5) is 0 Å². The van der Waals surface area contributed by atoms with E-state index in [0.717, 1.165) is 45.2 Å². The smallest absolute Gasteiger partial charge is 0.0664 e. The number of nitrogens with zero attached hydrogens (tertiary/aromatic N) is 1. The number of rotatable bonds is 4. The van der Waals surface area contributed by atoms with Crippen LogP contribution >= 0.6 is 11.3 Å². The molecule has 102 valence electrons. The van der Waals surface area contributed by atoms with Gasteiger partial charge in [0.05, 0.1) is 5.60 Å². The Morgan fingerprint density at radius 2 is 2.22 bits per heavy atom. The average Bonchev–Trinajstić information content (AvgIpc) is 2.76. The third-order valence-electron chi connectivity index (χ3n) is 4.10. The van der Waals surface area contributed by atoms with E-state index in [4.69, 9.17) is 0 Å². The maximum Gasteiger partial charge on any atom is 0.0664 e. The minimum Gasteiger partial charge on any atom is -0.390 e. The number of hydrogen-bond acceptors (Lipinski definition) is 3. The van der Waals surface area contributed by atoms with Crippen LogP contribution in [0.25, 0.3) is 0 Å². The molecule has 2 rings (SSSR count). The zero-order valence-corrected chi connectivity index (χ0v) is 12.4. The molecule has 0 saturated carbocycles. The Labute approximate surface area is 115 Å². The van der Waals surface area contributed by atoms with Crippen LogP contribution in [0.5, 0.6) is 0 Å². The molecule has 0 spiro atoms. The fourth-order valence-corrected chi connectivity index (χ4v) is 3.49. The molecule has 1 unspecified atom stereocenters. The Morgan fingerprint density at radius 3 is 2.89 bits per heavy atom. The van der Waals surface area contributed by atoms with Gasteiger partial charge in [0, 0.05) is 17.5 Å². The normalized spacial score (nSPS) is 26.4. The predicted octanol–water partition coefficient (Wildman–Crippen LogP) is 3.31. The van der Waals surface area contributed by atoms with E-state index in [0.29, 0.717) is 6.04 Å². The highest BCUT2D eigenvalue weighted by Crippen LogP contribution is 2.28. The van der Waals surface area contributed by atoms with Gasteiger partial charge in [0.15, 0.2) is 0 Å². The topological polar surface area (TPSA) is 23.5 Å². The van der Waals surface area contributed by atoms with Crippen molar-refractivity contribution in [1.82, 2.24) is 4.90 Å². The Morgan fingerprint density at radius 1 is 1.39 bits per heavy atom. The monoisotopic (exact) mass is 267 g/mol. The van der Waals surface area contributed by atoms with E-state index in [-0.39, 0.29) is 0 Å². The first-order valence-electron chi connectivity index (χ1n) is 7.08. The van der Waals surface area contributed by atoms with Crippen molar-refractivity contribution in [2.75, 3.05) is 13.1 Å². The van der Waals surface area contributed by atoms with Gasteiger partial charge in [-0.25, -0.2) is 0 Å². The minimum absolute atomic E-state index is 0.437. The van der Waals surface area contributed by atoms with Crippen LogP contribution in [0.2, 0.25) is 0 Å². The first-order valence-corrected chi connectivity index (χ1v) is 7.96. The second-order valence-corrected chi connectivity index (χ2v) is 6.82. The number of hydrogen-bond donors (Lipinski definition) is 1. The molecule has 1 aromatic heterocycles. The number of thiophene rings is 1. The van der Waals surface area contributed by atoms with Gasteiger partial charge in [0.2, 0.25) is 0 Å². The van der Waals surface area contributed by atoms with E-state index in [1.165, 1.54) is 4.88 Å². The zero-order valence-electron chi connectivity index (χ0n) is 11.6. The van der Waals surface area contributed by atoms with Crippen molar-refractivity contribution in [2.24, 2.45) is 0 Å². The van der Waals surface area contributed by atoms with Crippen molar-refractivity contribution in [3.63, 3.8) is 0 Å². The molecule has 1 aliphatic rings. The molecule has 2 nitrogen and oxygen atoms in total. The quantitative estimate of drug-likeness (QED) is 0.904. The summed E-state index contributed by atoms with van der Waals surface area (Å²) in [5, 5.41) is 12.8. The molecule has 1 atom stereocenters. The first-order chi connectivity index (χ1) is 8.59. The largest absolute Gasteiger partial charge is 0.390 e. The molecule has 1 aromatic rings. The molecule has 1 fully saturated rings. The van der Waals surface area contributed by atoms with Gasteiger partial charge in [-0.3, -0.25) is 0 Å². The molecule has 0 bridgehead atoms. The Bertz CT molecular complexity index is 349. The van der Waals surface area contributed by atoms with E-state index in [1.54, 1.807) is 11.3 Å². The molecule has 0 amide bonds. The third-order valence-corrected chi connectivity index (χ3v) is 5.04. The molecule has 1 aliphatic heterocycles.